The maximum absolute atomic E-state index is 14.6. The van der Waals surface area contributed by atoms with E-state index in [0.717, 1.165) is 0 Å². The normalized spacial score (nSPS) is 14.6. The van der Waals surface area contributed by atoms with Crippen LogP contribution in [0.2, 0.25) is 0 Å². The van der Waals surface area contributed by atoms with Crippen molar-refractivity contribution in [2.75, 3.05) is 33.3 Å². The van der Waals surface area contributed by atoms with Gasteiger partial charge in [-0.3, -0.25) is 59.4 Å². The number of aliphatic hydroxyl groups is 1. The number of aliphatic hydroxyl groups excluding tert-OH is 1. The Morgan fingerprint density at radius 1 is 0.560 bits per heavy atom. The number of amides is 9. The first kappa shape index (κ1) is 71.3. The zero-order valence-corrected chi connectivity index (χ0v) is 48.5. The van der Waals surface area contributed by atoms with Crippen molar-refractivity contribution >= 4 is 71.0 Å². The fraction of sp³-hybridized carbons (Fsp3) is 0.596. The molecule has 2 aromatic rings. The zero-order valence-electron chi connectivity index (χ0n) is 48.5. The molecule has 32 heteroatoms. The number of imidazole rings is 1. The first-order valence-electron chi connectivity index (χ1n) is 27.7. The molecule has 84 heavy (non-hydrogen) atoms. The number of aromatic hydroxyl groups is 1. The lowest BCUT2D eigenvalue weighted by atomic mass is 9.98. The first-order chi connectivity index (χ1) is 39.7. The van der Waals surface area contributed by atoms with E-state index in [1.165, 1.54) is 31.6 Å². The summed E-state index contributed by atoms with van der Waals surface area (Å²) >= 11 is 0. The van der Waals surface area contributed by atoms with Crippen molar-refractivity contribution in [3.63, 3.8) is 0 Å². The van der Waals surface area contributed by atoms with Crippen molar-refractivity contribution in [2.24, 2.45) is 34.8 Å². The van der Waals surface area contributed by atoms with Crippen molar-refractivity contribution < 1.29 is 53.4 Å². The maximum Gasteiger partial charge on any atom is 0.245 e. The van der Waals surface area contributed by atoms with E-state index in [0.29, 0.717) is 17.7 Å². The number of benzene rings is 1. The number of primary amides is 1. The van der Waals surface area contributed by atoms with Crippen molar-refractivity contribution in [3.05, 3.63) is 48.0 Å². The third-order valence-electron chi connectivity index (χ3n) is 13.2. The highest BCUT2D eigenvalue weighted by molar-refractivity contribution is 5.98. The van der Waals surface area contributed by atoms with Gasteiger partial charge in [-0.25, -0.2) is 4.98 Å². The third kappa shape index (κ3) is 26.8. The van der Waals surface area contributed by atoms with Gasteiger partial charge in [0.25, 0.3) is 0 Å². The molecule has 26 N–H and O–H groups in total. The molecular formula is C52H89N21O11. The number of aromatic nitrogens is 2. The quantitative estimate of drug-likeness (QED) is 0.0169. The van der Waals surface area contributed by atoms with Crippen LogP contribution in [0, 0.1) is 28.1 Å². The van der Waals surface area contributed by atoms with E-state index < -0.39 is 114 Å². The number of phenolic OH excluding ortho intramolecular Hbond substituents is 1. The van der Waals surface area contributed by atoms with E-state index in [4.69, 9.17) is 39.2 Å². The summed E-state index contributed by atoms with van der Waals surface area (Å²) in [6, 6.07) is -5.54. The van der Waals surface area contributed by atoms with Gasteiger partial charge in [-0.05, 0) is 94.9 Å². The average molecular weight is 1180 g/mol. The van der Waals surface area contributed by atoms with Gasteiger partial charge >= 0.3 is 0 Å². The largest absolute Gasteiger partial charge is 0.508 e. The van der Waals surface area contributed by atoms with Gasteiger partial charge in [-0.15, -0.1) is 0 Å². The van der Waals surface area contributed by atoms with Crippen LogP contribution in [-0.4, -0.2) is 179 Å². The third-order valence-corrected chi connectivity index (χ3v) is 13.2. The minimum atomic E-state index is -1.54. The van der Waals surface area contributed by atoms with E-state index >= 15 is 0 Å². The molecule has 1 aromatic carbocycles. The highest BCUT2D eigenvalue weighted by Crippen LogP contribution is 2.14. The second-order valence-corrected chi connectivity index (χ2v) is 20.6. The van der Waals surface area contributed by atoms with Crippen LogP contribution in [0.4, 0.5) is 0 Å². The van der Waals surface area contributed by atoms with Gasteiger partial charge in [0.2, 0.25) is 53.2 Å². The standard InChI is InChI=1S/C52H89N21O11/c1-7-28(4)40(41(53)76)73-49(84)39(25-74)72-42(77)29(5)66-47(82)37(21-27(2)3)70-44(79)34(12-9-19-63-51(56)57)67-43(78)33(11-8-18-62-50(54)55)69-48(83)38(23-31-24-61-26-65-31)71-45(80)35(13-10-20-64-52(58)59)68-46(81)36(60-6)22-30-14-16-32(75)17-15-30/h14-17,24,26-29,33-40,60,74-75H,7-13,18-23,25H2,1-6H3,(H2,53,76)(H,61,65)(H,66,82)(H,67,78)(H,68,81)(H,69,83)(H,70,79)(H,71,80)(H,72,77)(H,73,84)(H4,54,55,62)(H4,56,57,63)(H4,58,59,64)/t28-,29-,33-,34-,35-,36-,37-,38-,39-,40-/m0/s1. The molecule has 468 valence electrons. The van der Waals surface area contributed by atoms with E-state index in [2.05, 4.69) is 73.8 Å². The average Bonchev–Trinajstić information content (AvgIpc) is 4.13. The number of guanidine groups is 3. The summed E-state index contributed by atoms with van der Waals surface area (Å²) in [6.45, 7) is 7.69. The summed E-state index contributed by atoms with van der Waals surface area (Å²) in [6.07, 6.45) is 3.48. The molecule has 0 spiro atoms. The molecule has 0 radical (unpaired) electrons. The molecule has 0 aliphatic rings. The van der Waals surface area contributed by atoms with Gasteiger partial charge in [0.1, 0.15) is 54.1 Å². The van der Waals surface area contributed by atoms with Gasteiger partial charge < -0.3 is 102 Å². The Morgan fingerprint density at radius 2 is 0.976 bits per heavy atom. The Hall–Kier alpha value is -8.81. The maximum atomic E-state index is 14.6. The molecule has 0 aliphatic heterocycles. The summed E-state index contributed by atoms with van der Waals surface area (Å²) < 4.78 is 0. The summed E-state index contributed by atoms with van der Waals surface area (Å²) in [5.74, 6) is -9.13. The Kier molecular flexibility index (Phi) is 31.7. The van der Waals surface area contributed by atoms with E-state index in [1.807, 2.05) is 0 Å². The molecule has 0 unspecified atom stereocenters. The molecule has 0 saturated heterocycles. The van der Waals surface area contributed by atoms with Crippen LogP contribution in [0.3, 0.4) is 0 Å². The number of carbonyl (C=O) groups excluding carboxylic acids is 9. The smallest absolute Gasteiger partial charge is 0.245 e. The number of hydrogen-bond donors (Lipinski definition) is 22. The summed E-state index contributed by atoms with van der Waals surface area (Å²) in [5, 5.41) is 74.1. The van der Waals surface area contributed by atoms with E-state index in [-0.39, 0.29) is 113 Å². The van der Waals surface area contributed by atoms with Crippen molar-refractivity contribution in [3.8, 4) is 5.75 Å². The number of nitrogens with zero attached hydrogens (tertiary/aromatic N) is 1. The molecule has 32 nitrogen and oxygen atoms in total. The molecule has 1 aromatic heterocycles. The van der Waals surface area contributed by atoms with Crippen LogP contribution in [0.15, 0.2) is 36.8 Å². The van der Waals surface area contributed by atoms with Gasteiger partial charge in [0.05, 0.1) is 24.7 Å². The molecule has 0 bridgehead atoms. The Labute approximate surface area is 488 Å². The number of hydrogen-bond acceptors (Lipinski definition) is 16. The van der Waals surface area contributed by atoms with E-state index in [9.17, 15) is 53.4 Å². The molecule has 9 amide bonds. The fourth-order valence-corrected chi connectivity index (χ4v) is 8.33. The van der Waals surface area contributed by atoms with Crippen LogP contribution in [0.1, 0.15) is 97.2 Å². The molecule has 2 rings (SSSR count). The second kappa shape index (κ2) is 37.3. The van der Waals surface area contributed by atoms with Gasteiger partial charge in [0.15, 0.2) is 17.9 Å². The molecule has 10 atom stereocenters. The number of carbonyl (C=O) groups is 9. The Morgan fingerprint density at radius 3 is 1.38 bits per heavy atom. The van der Waals surface area contributed by atoms with Crippen molar-refractivity contribution in [1.29, 1.82) is 16.2 Å². The SMILES string of the molecule is CC[C@H](C)[C@H](NC(=O)[C@H](CO)NC(=O)[C@H](C)NC(=O)[C@H](CC(C)C)NC(=O)[C@H](CCCNC(=N)N)NC(=O)[C@H](CCCNC(=N)N)NC(=O)[C@H](Cc1c[nH]cn1)NC(=O)[C@H](CCCNC(=N)N)NC(=O)[C@H](Cc1ccc(O)cc1)NC)C(N)=O. The van der Waals surface area contributed by atoms with Crippen LogP contribution < -0.4 is 86.7 Å². The van der Waals surface area contributed by atoms with Crippen LogP contribution in [-0.2, 0) is 56.0 Å². The number of H-pyrrole nitrogens is 1. The number of rotatable bonds is 39. The summed E-state index contributed by atoms with van der Waals surface area (Å²) in [5.41, 5.74) is 23.0. The zero-order chi connectivity index (χ0) is 63.1. The predicted octanol–water partition coefficient (Wildman–Crippen LogP) is -5.25. The van der Waals surface area contributed by atoms with Crippen LogP contribution in [0.25, 0.3) is 0 Å². The minimum Gasteiger partial charge on any atom is -0.508 e. The van der Waals surface area contributed by atoms with E-state index in [1.54, 1.807) is 46.9 Å². The number of nitrogens with one attached hydrogen (secondary N) is 16. The molecule has 0 fully saturated rings. The molecule has 0 aliphatic carbocycles. The minimum absolute atomic E-state index is 0.00282. The molecule has 1 heterocycles. The first-order valence-corrected chi connectivity index (χ1v) is 27.7. The lowest BCUT2D eigenvalue weighted by Crippen LogP contribution is -2.61. The highest BCUT2D eigenvalue weighted by Gasteiger charge is 2.35. The van der Waals surface area contributed by atoms with Crippen LogP contribution in [0.5, 0.6) is 5.75 Å². The lowest BCUT2D eigenvalue weighted by Gasteiger charge is -2.28. The van der Waals surface area contributed by atoms with Crippen molar-refractivity contribution in [1.82, 2.24) is 73.8 Å². The number of aromatic amines is 1. The molecular weight excluding hydrogens is 1090 g/mol. The summed E-state index contributed by atoms with van der Waals surface area (Å²) in [4.78, 5) is 131. The highest BCUT2D eigenvalue weighted by atomic mass is 16.3. The van der Waals surface area contributed by atoms with Gasteiger partial charge in [0, 0.05) is 32.3 Å². The number of likely N-dealkylation sites (N-methyl/N-ethyl adjacent to an activating group) is 1. The number of nitrogens with two attached hydrogens (primary N) is 4. The van der Waals surface area contributed by atoms with Gasteiger partial charge in [-0.1, -0.05) is 46.2 Å². The predicted molar refractivity (Wildman–Crippen MR) is 311 cm³/mol. The van der Waals surface area contributed by atoms with Crippen molar-refractivity contribution in [2.45, 2.75) is 153 Å². The Balaban J connectivity index is 2.49. The molecule has 0 saturated carbocycles. The second-order valence-electron chi connectivity index (χ2n) is 20.6. The fourth-order valence-electron chi connectivity index (χ4n) is 8.33. The van der Waals surface area contributed by atoms with Gasteiger partial charge in [-0.2, -0.15) is 0 Å². The Bertz CT molecular complexity index is 2500. The summed E-state index contributed by atoms with van der Waals surface area (Å²) in [7, 11) is 1.56. The number of phenols is 1. The lowest BCUT2D eigenvalue weighted by molar-refractivity contribution is -0.136. The monoisotopic (exact) mass is 1180 g/mol. The van der Waals surface area contributed by atoms with Crippen LogP contribution >= 0.6 is 0 Å². The topological polar surface area (TPSA) is 543 Å².